The molecule has 140 valence electrons. The quantitative estimate of drug-likeness (QED) is 0.506. The third-order valence-corrected chi connectivity index (χ3v) is 5.13. The van der Waals surface area contributed by atoms with Gasteiger partial charge in [0.2, 0.25) is 10.0 Å². The molecule has 0 fully saturated rings. The van der Waals surface area contributed by atoms with Crippen molar-refractivity contribution in [2.24, 2.45) is 0 Å². The summed E-state index contributed by atoms with van der Waals surface area (Å²) in [6.07, 6.45) is -0.552. The van der Waals surface area contributed by atoms with Gasteiger partial charge in [-0.3, -0.25) is 9.59 Å². The zero-order valence-electron chi connectivity index (χ0n) is 15.1. The van der Waals surface area contributed by atoms with Crippen LogP contribution in [0.1, 0.15) is 37.8 Å². The first-order valence-corrected chi connectivity index (χ1v) is 9.69. The molecule has 0 aliphatic carbocycles. The van der Waals surface area contributed by atoms with E-state index in [0.717, 1.165) is 11.1 Å². The Kier molecular flexibility index (Phi) is 8.05. The van der Waals surface area contributed by atoms with Gasteiger partial charge in [-0.15, -0.1) is 0 Å². The predicted octanol–water partition coefficient (Wildman–Crippen LogP) is 1.43. The van der Waals surface area contributed by atoms with Gasteiger partial charge in [0, 0.05) is 19.5 Å². The van der Waals surface area contributed by atoms with Gasteiger partial charge in [0.15, 0.2) is 6.10 Å². The standard InChI is InChI=1S/C17H26N2O5S/c1-5-18-17(21)14(4)24-16(20)7-6-10-19-25(22,23)15-9-8-12(2)13(3)11-15/h8-9,11,14,19H,5-7,10H2,1-4H3,(H,18,21)/t14-/m0/s1. The van der Waals surface area contributed by atoms with Crippen LogP contribution in [0.2, 0.25) is 0 Å². The molecule has 0 aliphatic heterocycles. The van der Waals surface area contributed by atoms with E-state index < -0.39 is 22.1 Å². The van der Waals surface area contributed by atoms with Crippen molar-refractivity contribution in [2.75, 3.05) is 13.1 Å². The second-order valence-corrected chi connectivity index (χ2v) is 7.54. The van der Waals surface area contributed by atoms with Gasteiger partial charge in [0.25, 0.3) is 5.91 Å². The van der Waals surface area contributed by atoms with Crippen molar-refractivity contribution in [3.05, 3.63) is 29.3 Å². The van der Waals surface area contributed by atoms with E-state index in [1.54, 1.807) is 25.1 Å². The number of carbonyl (C=O) groups is 2. The van der Waals surface area contributed by atoms with Gasteiger partial charge in [-0.2, -0.15) is 0 Å². The largest absolute Gasteiger partial charge is 0.453 e. The Morgan fingerprint density at radius 1 is 1.20 bits per heavy atom. The summed E-state index contributed by atoms with van der Waals surface area (Å²) in [5.41, 5.74) is 1.91. The molecular formula is C17H26N2O5S. The summed E-state index contributed by atoms with van der Waals surface area (Å²) in [7, 11) is -3.61. The Labute approximate surface area is 149 Å². The van der Waals surface area contributed by atoms with E-state index >= 15 is 0 Å². The molecule has 1 aromatic rings. The van der Waals surface area contributed by atoms with Crippen LogP contribution in [-0.2, 0) is 24.3 Å². The zero-order valence-corrected chi connectivity index (χ0v) is 15.9. The van der Waals surface area contributed by atoms with Crippen LogP contribution >= 0.6 is 0 Å². The molecule has 1 aromatic carbocycles. The van der Waals surface area contributed by atoms with Crippen molar-refractivity contribution in [3.8, 4) is 0 Å². The van der Waals surface area contributed by atoms with Gasteiger partial charge in [0.1, 0.15) is 0 Å². The molecule has 0 aliphatic rings. The molecule has 8 heteroatoms. The first-order valence-electron chi connectivity index (χ1n) is 8.21. The molecule has 7 nitrogen and oxygen atoms in total. The second-order valence-electron chi connectivity index (χ2n) is 5.77. The van der Waals surface area contributed by atoms with E-state index in [1.165, 1.54) is 6.92 Å². The zero-order chi connectivity index (χ0) is 19.0. The van der Waals surface area contributed by atoms with Crippen molar-refractivity contribution >= 4 is 21.9 Å². The number of rotatable bonds is 9. The summed E-state index contributed by atoms with van der Waals surface area (Å²) in [4.78, 5) is 23.3. The number of sulfonamides is 1. The minimum atomic E-state index is -3.61. The molecule has 2 N–H and O–H groups in total. The van der Waals surface area contributed by atoms with E-state index in [-0.39, 0.29) is 30.2 Å². The van der Waals surface area contributed by atoms with Crippen LogP contribution in [0.15, 0.2) is 23.1 Å². The second kappa shape index (κ2) is 9.53. The smallest absolute Gasteiger partial charge is 0.306 e. The molecule has 25 heavy (non-hydrogen) atoms. The van der Waals surface area contributed by atoms with Crippen molar-refractivity contribution < 1.29 is 22.7 Å². The topological polar surface area (TPSA) is 102 Å². The Morgan fingerprint density at radius 2 is 1.88 bits per heavy atom. The number of hydrogen-bond donors (Lipinski definition) is 2. The molecule has 1 amide bonds. The van der Waals surface area contributed by atoms with Crippen molar-refractivity contribution in [3.63, 3.8) is 0 Å². The molecule has 0 unspecified atom stereocenters. The third kappa shape index (κ3) is 6.83. The number of amides is 1. The lowest BCUT2D eigenvalue weighted by molar-refractivity contribution is -0.154. The number of benzene rings is 1. The van der Waals surface area contributed by atoms with Crippen LogP contribution in [0, 0.1) is 13.8 Å². The van der Waals surface area contributed by atoms with E-state index in [0.29, 0.717) is 6.54 Å². The molecule has 0 spiro atoms. The lowest BCUT2D eigenvalue weighted by Gasteiger charge is -2.12. The number of esters is 1. The number of hydrogen-bond acceptors (Lipinski definition) is 5. The normalized spacial score (nSPS) is 12.5. The predicted molar refractivity (Wildman–Crippen MR) is 94.6 cm³/mol. The highest BCUT2D eigenvalue weighted by molar-refractivity contribution is 7.89. The number of ether oxygens (including phenoxy) is 1. The Balaban J connectivity index is 2.42. The van der Waals surface area contributed by atoms with Crippen molar-refractivity contribution in [2.45, 2.75) is 51.5 Å². The van der Waals surface area contributed by atoms with Gasteiger partial charge >= 0.3 is 5.97 Å². The van der Waals surface area contributed by atoms with Crippen LogP contribution in [0.4, 0.5) is 0 Å². The van der Waals surface area contributed by atoms with Crippen molar-refractivity contribution in [1.82, 2.24) is 10.0 Å². The maximum absolute atomic E-state index is 12.2. The van der Waals surface area contributed by atoms with E-state index in [1.807, 2.05) is 13.8 Å². The van der Waals surface area contributed by atoms with Crippen LogP contribution in [-0.4, -0.2) is 39.5 Å². The van der Waals surface area contributed by atoms with Crippen LogP contribution in [0.3, 0.4) is 0 Å². The fourth-order valence-electron chi connectivity index (χ4n) is 2.03. The lowest BCUT2D eigenvalue weighted by Crippen LogP contribution is -2.35. The van der Waals surface area contributed by atoms with Crippen LogP contribution in [0.5, 0.6) is 0 Å². The number of nitrogens with one attached hydrogen (secondary N) is 2. The number of likely N-dealkylation sites (N-methyl/N-ethyl adjacent to an activating group) is 1. The number of aryl methyl sites for hydroxylation is 2. The fourth-order valence-corrected chi connectivity index (χ4v) is 3.19. The highest BCUT2D eigenvalue weighted by atomic mass is 32.2. The molecule has 0 heterocycles. The summed E-state index contributed by atoms with van der Waals surface area (Å²) in [6, 6.07) is 4.91. The molecule has 1 rings (SSSR count). The summed E-state index contributed by atoms with van der Waals surface area (Å²) in [5.74, 6) is -0.893. The summed E-state index contributed by atoms with van der Waals surface area (Å²) >= 11 is 0. The van der Waals surface area contributed by atoms with E-state index in [4.69, 9.17) is 4.74 Å². The van der Waals surface area contributed by atoms with Crippen LogP contribution < -0.4 is 10.0 Å². The average molecular weight is 370 g/mol. The maximum atomic E-state index is 12.2. The minimum absolute atomic E-state index is 0.0270. The summed E-state index contributed by atoms with van der Waals surface area (Å²) < 4.78 is 31.8. The average Bonchev–Trinajstić information content (AvgIpc) is 2.54. The molecule has 0 bridgehead atoms. The van der Waals surface area contributed by atoms with E-state index in [2.05, 4.69) is 10.0 Å². The highest BCUT2D eigenvalue weighted by Crippen LogP contribution is 2.14. The van der Waals surface area contributed by atoms with Crippen molar-refractivity contribution in [1.29, 1.82) is 0 Å². The summed E-state index contributed by atoms with van der Waals surface area (Å²) in [5, 5.41) is 2.56. The molecule has 0 saturated carbocycles. The number of carbonyl (C=O) groups excluding carboxylic acids is 2. The SMILES string of the molecule is CCNC(=O)[C@H](C)OC(=O)CCCNS(=O)(=O)c1ccc(C)c(C)c1. The van der Waals surface area contributed by atoms with Gasteiger partial charge in [-0.05, 0) is 57.4 Å². The molecular weight excluding hydrogens is 344 g/mol. The lowest BCUT2D eigenvalue weighted by atomic mass is 10.1. The van der Waals surface area contributed by atoms with E-state index in [9.17, 15) is 18.0 Å². The summed E-state index contributed by atoms with van der Waals surface area (Å²) in [6.45, 7) is 7.59. The maximum Gasteiger partial charge on any atom is 0.306 e. The Bertz CT molecular complexity index is 716. The Morgan fingerprint density at radius 3 is 2.48 bits per heavy atom. The van der Waals surface area contributed by atoms with Crippen LogP contribution in [0.25, 0.3) is 0 Å². The van der Waals surface area contributed by atoms with Gasteiger partial charge < -0.3 is 10.1 Å². The highest BCUT2D eigenvalue weighted by Gasteiger charge is 2.17. The molecule has 0 saturated heterocycles. The first-order chi connectivity index (χ1) is 11.7. The third-order valence-electron chi connectivity index (χ3n) is 3.67. The van der Waals surface area contributed by atoms with Gasteiger partial charge in [0.05, 0.1) is 4.90 Å². The fraction of sp³-hybridized carbons (Fsp3) is 0.529. The molecule has 0 aromatic heterocycles. The van der Waals surface area contributed by atoms with Gasteiger partial charge in [-0.1, -0.05) is 6.07 Å². The minimum Gasteiger partial charge on any atom is -0.453 e. The molecule has 1 atom stereocenters. The van der Waals surface area contributed by atoms with Gasteiger partial charge in [-0.25, -0.2) is 13.1 Å². The Hall–Kier alpha value is -1.93. The monoisotopic (exact) mass is 370 g/mol. The first kappa shape index (κ1) is 21.1. The molecule has 0 radical (unpaired) electrons.